The molecule has 0 spiro atoms. The van der Waals surface area contributed by atoms with E-state index < -0.39 is 0 Å². The van der Waals surface area contributed by atoms with Gasteiger partial charge in [-0.05, 0) is 24.6 Å². The number of nitrogens with zero attached hydrogens (tertiary/aromatic N) is 3. The van der Waals surface area contributed by atoms with Crippen molar-refractivity contribution in [3.05, 3.63) is 51.4 Å². The number of aryl methyl sites for hydroxylation is 1. The van der Waals surface area contributed by atoms with Crippen molar-refractivity contribution in [1.82, 2.24) is 15.2 Å². The number of carbonyl (C=O) groups is 1. The molecule has 8 heteroatoms. The highest BCUT2D eigenvalue weighted by Gasteiger charge is 2.11. The summed E-state index contributed by atoms with van der Waals surface area (Å²) in [4.78, 5) is 16.6. The fraction of sp³-hybridized carbons (Fsp3) is 0.294. The molecule has 130 valence electrons. The summed E-state index contributed by atoms with van der Waals surface area (Å²) in [6.45, 7) is 2.51. The lowest BCUT2D eigenvalue weighted by Crippen LogP contribution is -2.11. The van der Waals surface area contributed by atoms with Crippen molar-refractivity contribution < 1.29 is 9.53 Å². The number of thiazole rings is 1. The Labute approximate surface area is 153 Å². The van der Waals surface area contributed by atoms with E-state index in [-0.39, 0.29) is 5.91 Å². The maximum Gasteiger partial charge on any atom is 0.257 e. The Hall–Kier alpha value is -2.32. The molecule has 0 radical (unpaired) electrons. The van der Waals surface area contributed by atoms with Crippen molar-refractivity contribution in [1.29, 1.82) is 0 Å². The minimum Gasteiger partial charge on any atom is -0.487 e. The summed E-state index contributed by atoms with van der Waals surface area (Å²) in [5.41, 5.74) is 3.15. The van der Waals surface area contributed by atoms with Crippen molar-refractivity contribution in [2.75, 3.05) is 5.32 Å². The van der Waals surface area contributed by atoms with Crippen LogP contribution < -0.4 is 10.1 Å². The summed E-state index contributed by atoms with van der Waals surface area (Å²) in [5, 5.41) is 14.3. The van der Waals surface area contributed by atoms with Gasteiger partial charge in [0.25, 0.3) is 5.91 Å². The van der Waals surface area contributed by atoms with Crippen LogP contribution >= 0.6 is 22.7 Å². The van der Waals surface area contributed by atoms with E-state index in [4.69, 9.17) is 4.74 Å². The number of hydrogen-bond donors (Lipinski definition) is 1. The number of nitrogens with one attached hydrogen (secondary N) is 1. The van der Waals surface area contributed by atoms with Gasteiger partial charge in [0.05, 0.1) is 11.2 Å². The van der Waals surface area contributed by atoms with E-state index in [0.717, 1.165) is 30.0 Å². The average molecular weight is 374 g/mol. The quantitative estimate of drug-likeness (QED) is 0.640. The van der Waals surface area contributed by atoms with Gasteiger partial charge in [0.15, 0.2) is 0 Å². The molecule has 2 heterocycles. The maximum atomic E-state index is 12.4. The van der Waals surface area contributed by atoms with Crippen molar-refractivity contribution >= 4 is 33.7 Å². The summed E-state index contributed by atoms with van der Waals surface area (Å²) >= 11 is 2.94. The smallest absolute Gasteiger partial charge is 0.257 e. The van der Waals surface area contributed by atoms with E-state index in [0.29, 0.717) is 23.1 Å². The standard InChI is InChI=1S/C17H18N4O2S2/c1-2-3-7-15-20-21-17(25-15)19-16(22)12-5-4-6-14(8-12)23-9-13-10-24-11-18-13/h4-6,8,10-11H,2-3,7,9H2,1H3,(H,19,21,22). The Bertz CT molecular complexity index is 818. The van der Waals surface area contributed by atoms with Crippen LogP contribution in [0.1, 0.15) is 40.8 Å². The number of amides is 1. The number of ether oxygens (including phenoxy) is 1. The largest absolute Gasteiger partial charge is 0.487 e. The predicted molar refractivity (Wildman–Crippen MR) is 99.4 cm³/mol. The third kappa shape index (κ3) is 5.07. The van der Waals surface area contributed by atoms with Crippen LogP contribution in [-0.2, 0) is 13.0 Å². The highest BCUT2D eigenvalue weighted by molar-refractivity contribution is 7.15. The van der Waals surface area contributed by atoms with Gasteiger partial charge >= 0.3 is 0 Å². The van der Waals surface area contributed by atoms with E-state index >= 15 is 0 Å². The van der Waals surface area contributed by atoms with Crippen LogP contribution in [0.25, 0.3) is 0 Å². The summed E-state index contributed by atoms with van der Waals surface area (Å²) in [7, 11) is 0. The molecule has 1 amide bonds. The minimum atomic E-state index is -0.225. The van der Waals surface area contributed by atoms with E-state index in [9.17, 15) is 4.79 Å². The molecular weight excluding hydrogens is 356 g/mol. The second-order valence-corrected chi connectivity index (χ2v) is 7.14. The van der Waals surface area contributed by atoms with Crippen LogP contribution in [0, 0.1) is 0 Å². The second kappa shape index (κ2) is 8.68. The number of carbonyl (C=O) groups excluding carboxylic acids is 1. The SMILES string of the molecule is CCCCc1nnc(NC(=O)c2cccc(OCc3cscn3)c2)s1. The minimum absolute atomic E-state index is 0.225. The molecule has 0 aliphatic carbocycles. The molecule has 1 aromatic carbocycles. The van der Waals surface area contributed by atoms with E-state index in [1.807, 2.05) is 11.4 Å². The van der Waals surface area contributed by atoms with Crippen LogP contribution in [0.5, 0.6) is 5.75 Å². The third-order valence-corrected chi connectivity index (χ3v) is 4.93. The Balaban J connectivity index is 1.59. The zero-order chi connectivity index (χ0) is 17.5. The number of rotatable bonds is 8. The zero-order valence-electron chi connectivity index (χ0n) is 13.8. The number of benzene rings is 1. The van der Waals surface area contributed by atoms with Crippen molar-refractivity contribution in [2.45, 2.75) is 32.8 Å². The van der Waals surface area contributed by atoms with Crippen LogP contribution in [0.3, 0.4) is 0 Å². The molecule has 2 aromatic heterocycles. The van der Waals surface area contributed by atoms with Gasteiger partial charge in [0, 0.05) is 17.4 Å². The Morgan fingerprint density at radius 3 is 3.04 bits per heavy atom. The molecule has 0 aliphatic rings. The normalized spacial score (nSPS) is 10.6. The molecule has 0 bridgehead atoms. The highest BCUT2D eigenvalue weighted by Crippen LogP contribution is 2.20. The van der Waals surface area contributed by atoms with Gasteiger partial charge in [-0.1, -0.05) is 30.7 Å². The molecule has 1 N–H and O–H groups in total. The Morgan fingerprint density at radius 2 is 2.24 bits per heavy atom. The first-order valence-corrected chi connectivity index (χ1v) is 9.74. The Kier molecular flexibility index (Phi) is 6.08. The topological polar surface area (TPSA) is 77.0 Å². The number of hydrogen-bond acceptors (Lipinski definition) is 7. The van der Waals surface area contributed by atoms with Crippen LogP contribution in [0.15, 0.2) is 35.2 Å². The lowest BCUT2D eigenvalue weighted by molar-refractivity contribution is 0.102. The fourth-order valence-corrected chi connectivity index (χ4v) is 3.42. The molecular formula is C17H18N4O2S2. The fourth-order valence-electron chi connectivity index (χ4n) is 2.10. The second-order valence-electron chi connectivity index (χ2n) is 5.35. The Morgan fingerprint density at radius 1 is 1.32 bits per heavy atom. The molecule has 6 nitrogen and oxygen atoms in total. The van der Waals surface area contributed by atoms with Crippen LogP contribution in [0.2, 0.25) is 0 Å². The van der Waals surface area contributed by atoms with Gasteiger partial charge in [-0.15, -0.1) is 21.5 Å². The van der Waals surface area contributed by atoms with Crippen molar-refractivity contribution in [3.63, 3.8) is 0 Å². The first-order chi connectivity index (χ1) is 12.2. The van der Waals surface area contributed by atoms with Gasteiger partial charge in [-0.2, -0.15) is 0 Å². The molecule has 0 fully saturated rings. The molecule has 0 atom stereocenters. The van der Waals surface area contributed by atoms with Gasteiger partial charge in [-0.25, -0.2) is 4.98 Å². The van der Waals surface area contributed by atoms with Crippen molar-refractivity contribution in [2.24, 2.45) is 0 Å². The van der Waals surface area contributed by atoms with Gasteiger partial charge < -0.3 is 4.74 Å². The zero-order valence-corrected chi connectivity index (χ0v) is 15.4. The first kappa shape index (κ1) is 17.5. The van der Waals surface area contributed by atoms with Gasteiger partial charge in [-0.3, -0.25) is 10.1 Å². The first-order valence-electron chi connectivity index (χ1n) is 7.98. The molecule has 3 aromatic rings. The lowest BCUT2D eigenvalue weighted by Gasteiger charge is -2.06. The molecule has 0 aliphatic heterocycles. The monoisotopic (exact) mass is 374 g/mol. The number of aromatic nitrogens is 3. The van der Waals surface area contributed by atoms with E-state index in [1.54, 1.807) is 23.7 Å². The highest BCUT2D eigenvalue weighted by atomic mass is 32.1. The number of unbranched alkanes of at least 4 members (excludes halogenated alkanes) is 1. The summed E-state index contributed by atoms with van der Waals surface area (Å²) in [5.74, 6) is 0.402. The van der Waals surface area contributed by atoms with E-state index in [2.05, 4.69) is 27.4 Å². The summed E-state index contributed by atoms with van der Waals surface area (Å²) < 4.78 is 5.68. The predicted octanol–water partition coefficient (Wildman–Crippen LogP) is 4.17. The molecule has 0 unspecified atom stereocenters. The molecule has 3 rings (SSSR count). The molecule has 0 saturated carbocycles. The third-order valence-electron chi connectivity index (χ3n) is 3.40. The summed E-state index contributed by atoms with van der Waals surface area (Å²) in [6.07, 6.45) is 3.07. The molecule has 0 saturated heterocycles. The average Bonchev–Trinajstić information content (AvgIpc) is 3.30. The van der Waals surface area contributed by atoms with Gasteiger partial charge in [0.2, 0.25) is 5.13 Å². The maximum absolute atomic E-state index is 12.4. The lowest BCUT2D eigenvalue weighted by atomic mass is 10.2. The van der Waals surface area contributed by atoms with Crippen LogP contribution in [0.4, 0.5) is 5.13 Å². The summed E-state index contributed by atoms with van der Waals surface area (Å²) in [6, 6.07) is 7.06. The van der Waals surface area contributed by atoms with Crippen LogP contribution in [-0.4, -0.2) is 21.1 Å². The van der Waals surface area contributed by atoms with E-state index in [1.165, 1.54) is 22.7 Å². The number of anilines is 1. The van der Waals surface area contributed by atoms with Gasteiger partial charge in [0.1, 0.15) is 17.4 Å². The molecule has 25 heavy (non-hydrogen) atoms. The van der Waals surface area contributed by atoms with Crippen molar-refractivity contribution in [3.8, 4) is 5.75 Å².